The monoisotopic (exact) mass is 322 g/mol. The molecule has 1 unspecified atom stereocenters. The van der Waals surface area contributed by atoms with E-state index in [1.165, 1.54) is 25.7 Å². The Labute approximate surface area is 139 Å². The molecule has 0 aromatic carbocycles. The van der Waals surface area contributed by atoms with Crippen LogP contribution in [0.3, 0.4) is 0 Å². The Bertz CT molecular complexity index is 515. The molecule has 0 aliphatic carbocycles. The molecule has 130 valence electrons. The average molecular weight is 322 g/mol. The van der Waals surface area contributed by atoms with Gasteiger partial charge < -0.3 is 9.26 Å². The number of hydrogen-bond donors (Lipinski definition) is 0. The van der Waals surface area contributed by atoms with Gasteiger partial charge in [-0.3, -0.25) is 0 Å². The number of rotatable bonds is 9. The summed E-state index contributed by atoms with van der Waals surface area (Å²) in [5, 5.41) is 4.02. The maximum Gasteiger partial charge on any atom is 0.334 e. The molecule has 1 atom stereocenters. The number of carbonyl (C=O) groups is 1. The van der Waals surface area contributed by atoms with Crippen LogP contribution in [0, 0.1) is 0 Å². The molecular weight excluding hydrogens is 292 g/mol. The fourth-order valence-electron chi connectivity index (χ4n) is 2.15. The van der Waals surface area contributed by atoms with E-state index in [9.17, 15) is 4.79 Å². The van der Waals surface area contributed by atoms with Crippen LogP contribution >= 0.6 is 0 Å². The zero-order valence-corrected chi connectivity index (χ0v) is 15.1. The van der Waals surface area contributed by atoms with E-state index in [0.717, 1.165) is 6.42 Å². The van der Waals surface area contributed by atoms with Gasteiger partial charge in [0.25, 0.3) is 0 Å². The largest absolute Gasteiger partial charge is 0.457 e. The molecule has 0 fully saturated rings. The fraction of sp³-hybridized carbons (Fsp3) is 0.722. The summed E-state index contributed by atoms with van der Waals surface area (Å²) >= 11 is 0. The number of ether oxygens (including phenoxy) is 1. The number of hydrogen-bond acceptors (Lipinski definition) is 5. The summed E-state index contributed by atoms with van der Waals surface area (Å²) in [6, 6.07) is 0. The molecule has 0 bridgehead atoms. The summed E-state index contributed by atoms with van der Waals surface area (Å²) in [6.45, 7) is 13.5. The Morgan fingerprint density at radius 3 is 2.61 bits per heavy atom. The zero-order chi connectivity index (χ0) is 17.5. The molecule has 1 aromatic heterocycles. The molecule has 0 aliphatic rings. The Hall–Kier alpha value is -1.65. The topological polar surface area (TPSA) is 65.2 Å². The molecule has 23 heavy (non-hydrogen) atoms. The predicted molar refractivity (Wildman–Crippen MR) is 90.2 cm³/mol. The van der Waals surface area contributed by atoms with Crippen molar-refractivity contribution in [1.29, 1.82) is 0 Å². The second kappa shape index (κ2) is 8.85. The normalized spacial score (nSPS) is 12.9. The van der Waals surface area contributed by atoms with Crippen LogP contribution in [-0.4, -0.2) is 21.7 Å². The van der Waals surface area contributed by atoms with Gasteiger partial charge in [0.15, 0.2) is 5.82 Å². The van der Waals surface area contributed by atoms with E-state index >= 15 is 0 Å². The SMILES string of the molecule is C=C(Cc1nc(C(C)CCCCCC)no1)C(=O)OC(C)(C)C. The van der Waals surface area contributed by atoms with Crippen molar-refractivity contribution in [1.82, 2.24) is 10.1 Å². The van der Waals surface area contributed by atoms with Gasteiger partial charge in [-0.25, -0.2) is 4.79 Å². The number of carbonyl (C=O) groups excluding carboxylic acids is 1. The lowest BCUT2D eigenvalue weighted by Crippen LogP contribution is -2.25. The first-order chi connectivity index (χ1) is 10.7. The van der Waals surface area contributed by atoms with Crippen molar-refractivity contribution >= 4 is 5.97 Å². The highest BCUT2D eigenvalue weighted by atomic mass is 16.6. The molecule has 1 heterocycles. The van der Waals surface area contributed by atoms with Crippen LogP contribution in [0.4, 0.5) is 0 Å². The maximum atomic E-state index is 11.9. The van der Waals surface area contributed by atoms with Gasteiger partial charge in [-0.2, -0.15) is 4.98 Å². The lowest BCUT2D eigenvalue weighted by molar-refractivity contribution is -0.150. The van der Waals surface area contributed by atoms with Gasteiger partial charge in [-0.05, 0) is 27.2 Å². The van der Waals surface area contributed by atoms with E-state index < -0.39 is 11.6 Å². The Morgan fingerprint density at radius 2 is 2.00 bits per heavy atom. The summed E-state index contributed by atoms with van der Waals surface area (Å²) in [6.07, 6.45) is 6.17. The molecule has 0 saturated heterocycles. The molecule has 1 rings (SSSR count). The quantitative estimate of drug-likeness (QED) is 0.378. The summed E-state index contributed by atoms with van der Waals surface area (Å²) in [7, 11) is 0. The van der Waals surface area contributed by atoms with Crippen LogP contribution in [0.1, 0.15) is 84.4 Å². The van der Waals surface area contributed by atoms with Crippen molar-refractivity contribution in [2.75, 3.05) is 0 Å². The van der Waals surface area contributed by atoms with E-state index in [1.807, 2.05) is 20.8 Å². The van der Waals surface area contributed by atoms with Crippen molar-refractivity contribution in [2.45, 2.75) is 84.7 Å². The summed E-state index contributed by atoms with van der Waals surface area (Å²) in [4.78, 5) is 16.3. The number of nitrogens with zero attached hydrogens (tertiary/aromatic N) is 2. The Balaban J connectivity index is 2.49. The van der Waals surface area contributed by atoms with Crippen LogP contribution < -0.4 is 0 Å². The van der Waals surface area contributed by atoms with Gasteiger partial charge >= 0.3 is 5.97 Å². The molecule has 0 N–H and O–H groups in total. The molecule has 5 heteroatoms. The first-order valence-electron chi connectivity index (χ1n) is 8.46. The highest BCUT2D eigenvalue weighted by Gasteiger charge is 2.21. The van der Waals surface area contributed by atoms with Gasteiger partial charge in [0, 0.05) is 11.5 Å². The number of esters is 1. The van der Waals surface area contributed by atoms with E-state index in [4.69, 9.17) is 9.26 Å². The third-order valence-corrected chi connectivity index (χ3v) is 3.47. The molecule has 1 aromatic rings. The van der Waals surface area contributed by atoms with Crippen LogP contribution in [0.5, 0.6) is 0 Å². The fourth-order valence-corrected chi connectivity index (χ4v) is 2.15. The minimum atomic E-state index is -0.535. The third-order valence-electron chi connectivity index (χ3n) is 3.47. The van der Waals surface area contributed by atoms with Crippen LogP contribution in [0.25, 0.3) is 0 Å². The van der Waals surface area contributed by atoms with Crippen molar-refractivity contribution < 1.29 is 14.1 Å². The van der Waals surface area contributed by atoms with Crippen molar-refractivity contribution in [3.63, 3.8) is 0 Å². The number of aromatic nitrogens is 2. The van der Waals surface area contributed by atoms with Crippen molar-refractivity contribution in [2.24, 2.45) is 0 Å². The van der Waals surface area contributed by atoms with Crippen molar-refractivity contribution in [3.8, 4) is 0 Å². The minimum absolute atomic E-state index is 0.227. The highest BCUT2D eigenvalue weighted by Crippen LogP contribution is 2.20. The van der Waals surface area contributed by atoms with Crippen LogP contribution in [0.2, 0.25) is 0 Å². The standard InChI is InChI=1S/C18H30N2O3/c1-7-8-9-10-11-13(2)16-19-15(23-20-16)12-14(3)17(21)22-18(4,5)6/h13H,3,7-12H2,1-2,4-6H3. The smallest absolute Gasteiger partial charge is 0.334 e. The van der Waals surface area contributed by atoms with E-state index in [0.29, 0.717) is 17.3 Å². The number of unbranched alkanes of at least 4 members (excludes halogenated alkanes) is 3. The second-order valence-electron chi connectivity index (χ2n) is 7.08. The van der Waals surface area contributed by atoms with Gasteiger partial charge in [-0.1, -0.05) is 51.3 Å². The Kier molecular flexibility index (Phi) is 7.46. The van der Waals surface area contributed by atoms with Gasteiger partial charge in [0.05, 0.1) is 6.42 Å². The summed E-state index contributed by atoms with van der Waals surface area (Å²) in [5.74, 6) is 0.953. The molecule has 5 nitrogen and oxygen atoms in total. The van der Waals surface area contributed by atoms with Gasteiger partial charge in [0.1, 0.15) is 5.60 Å². The molecule has 0 saturated carbocycles. The molecule has 0 amide bonds. The minimum Gasteiger partial charge on any atom is -0.457 e. The van der Waals surface area contributed by atoms with E-state index in [-0.39, 0.29) is 12.3 Å². The second-order valence-corrected chi connectivity index (χ2v) is 7.08. The van der Waals surface area contributed by atoms with Crippen molar-refractivity contribution in [3.05, 3.63) is 23.9 Å². The zero-order valence-electron chi connectivity index (χ0n) is 15.1. The van der Waals surface area contributed by atoms with Crippen LogP contribution in [-0.2, 0) is 16.0 Å². The lowest BCUT2D eigenvalue weighted by Gasteiger charge is -2.19. The first-order valence-corrected chi connectivity index (χ1v) is 8.46. The lowest BCUT2D eigenvalue weighted by atomic mass is 10.0. The average Bonchev–Trinajstić information content (AvgIpc) is 2.90. The predicted octanol–water partition coefficient (Wildman–Crippen LogP) is 4.58. The molecule has 0 spiro atoms. The molecular formula is C18H30N2O3. The van der Waals surface area contributed by atoms with E-state index in [1.54, 1.807) is 0 Å². The highest BCUT2D eigenvalue weighted by molar-refractivity contribution is 5.88. The first kappa shape index (κ1) is 19.4. The molecule has 0 radical (unpaired) electrons. The summed E-state index contributed by atoms with van der Waals surface area (Å²) in [5.41, 5.74) is -0.210. The molecule has 0 aliphatic heterocycles. The maximum absolute atomic E-state index is 11.9. The van der Waals surface area contributed by atoms with Gasteiger partial charge in [0.2, 0.25) is 5.89 Å². The van der Waals surface area contributed by atoms with Gasteiger partial charge in [-0.15, -0.1) is 0 Å². The third kappa shape index (κ3) is 7.44. The van der Waals surface area contributed by atoms with Crippen LogP contribution in [0.15, 0.2) is 16.7 Å². The van der Waals surface area contributed by atoms with E-state index in [2.05, 4.69) is 30.6 Å². The summed E-state index contributed by atoms with van der Waals surface area (Å²) < 4.78 is 10.5. The Morgan fingerprint density at radius 1 is 1.30 bits per heavy atom.